The molecule has 0 aliphatic heterocycles. The van der Waals surface area contributed by atoms with Crippen molar-refractivity contribution in [3.63, 3.8) is 0 Å². The third-order valence-electron chi connectivity index (χ3n) is 4.02. The van der Waals surface area contributed by atoms with E-state index in [4.69, 9.17) is 13.6 Å². The predicted molar refractivity (Wildman–Crippen MR) is 93.5 cm³/mol. The van der Waals surface area contributed by atoms with E-state index in [9.17, 15) is 9.59 Å². The van der Waals surface area contributed by atoms with Gasteiger partial charge in [-0.3, -0.25) is 9.59 Å². The summed E-state index contributed by atoms with van der Waals surface area (Å²) >= 11 is 0. The summed E-state index contributed by atoms with van der Waals surface area (Å²) in [6, 6.07) is 14.1. The fourth-order valence-corrected chi connectivity index (χ4v) is 2.71. The summed E-state index contributed by atoms with van der Waals surface area (Å²) in [6.07, 6.45) is 2.79. The minimum atomic E-state index is -0.132. The van der Waals surface area contributed by atoms with Crippen molar-refractivity contribution >= 4 is 21.9 Å². The van der Waals surface area contributed by atoms with Crippen LogP contribution in [0.25, 0.3) is 21.9 Å². The van der Waals surface area contributed by atoms with Crippen LogP contribution in [0.3, 0.4) is 0 Å². The second-order valence-corrected chi connectivity index (χ2v) is 5.67. The number of benzene rings is 2. The molecule has 0 atom stereocenters. The number of hydrogen-bond acceptors (Lipinski definition) is 5. The first-order valence-corrected chi connectivity index (χ1v) is 7.80. The molecule has 0 bridgehead atoms. The molecule has 0 unspecified atom stereocenters. The van der Waals surface area contributed by atoms with Crippen molar-refractivity contribution in [2.24, 2.45) is 0 Å². The van der Waals surface area contributed by atoms with Gasteiger partial charge >= 0.3 is 0 Å². The average Bonchev–Trinajstić information content (AvgIpc) is 2.66. The average molecular weight is 334 g/mol. The maximum Gasteiger partial charge on any atom is 0.198 e. The summed E-state index contributed by atoms with van der Waals surface area (Å²) in [6.45, 7) is 0.110. The van der Waals surface area contributed by atoms with Crippen molar-refractivity contribution in [1.82, 2.24) is 0 Å². The molecule has 4 rings (SSSR count). The lowest BCUT2D eigenvalue weighted by Gasteiger charge is -2.05. The molecule has 0 saturated carbocycles. The Morgan fingerprint density at radius 2 is 1.12 bits per heavy atom. The topological polar surface area (TPSA) is 69.7 Å². The molecule has 0 N–H and O–H groups in total. The van der Waals surface area contributed by atoms with Crippen LogP contribution in [0.5, 0.6) is 0 Å². The van der Waals surface area contributed by atoms with Gasteiger partial charge in [0.05, 0.1) is 35.1 Å². The van der Waals surface area contributed by atoms with E-state index in [0.29, 0.717) is 33.1 Å². The Balaban J connectivity index is 1.55. The molecule has 5 heteroatoms. The lowest BCUT2D eigenvalue weighted by atomic mass is 10.2. The molecule has 2 heterocycles. The van der Waals surface area contributed by atoms with Gasteiger partial charge in [-0.2, -0.15) is 0 Å². The van der Waals surface area contributed by atoms with Crippen LogP contribution >= 0.6 is 0 Å². The Bertz CT molecular complexity index is 1080. The molecule has 0 fully saturated rings. The summed E-state index contributed by atoms with van der Waals surface area (Å²) in [4.78, 5) is 24.8. The Morgan fingerprint density at radius 3 is 1.60 bits per heavy atom. The number of para-hydroxylation sites is 2. The third kappa shape index (κ3) is 2.86. The van der Waals surface area contributed by atoms with Gasteiger partial charge in [0.25, 0.3) is 0 Å². The summed E-state index contributed by atoms with van der Waals surface area (Å²) in [7, 11) is 0. The Hall–Kier alpha value is -3.18. The van der Waals surface area contributed by atoms with Gasteiger partial charge in [0, 0.05) is 0 Å². The van der Waals surface area contributed by atoms with E-state index in [1.54, 1.807) is 48.5 Å². The molecule has 4 aromatic rings. The van der Waals surface area contributed by atoms with Crippen molar-refractivity contribution < 1.29 is 13.6 Å². The molecule has 0 aliphatic carbocycles. The molecular formula is C20H14O5. The van der Waals surface area contributed by atoms with Crippen LogP contribution in [0, 0.1) is 0 Å². The standard InChI is InChI=1S/C20H14O5/c21-19-13(11-24-17-7-3-1-5-15(17)19)9-23-10-14-12-25-18-8-4-2-6-16(18)20(14)22/h1-8,11-12H,9-10H2. The first kappa shape index (κ1) is 15.4. The van der Waals surface area contributed by atoms with Crippen molar-refractivity contribution in [3.05, 3.63) is 92.6 Å². The van der Waals surface area contributed by atoms with Crippen molar-refractivity contribution in [2.75, 3.05) is 0 Å². The summed E-state index contributed by atoms with van der Waals surface area (Å²) in [5, 5.41) is 1.02. The molecule has 2 aromatic heterocycles. The highest BCUT2D eigenvalue weighted by atomic mass is 16.5. The largest absolute Gasteiger partial charge is 0.464 e. The first-order chi connectivity index (χ1) is 12.2. The molecule has 0 amide bonds. The number of ether oxygens (including phenoxy) is 1. The normalized spacial score (nSPS) is 11.2. The van der Waals surface area contributed by atoms with Crippen LogP contribution in [-0.4, -0.2) is 0 Å². The van der Waals surface area contributed by atoms with Crippen LogP contribution in [0.4, 0.5) is 0 Å². The monoisotopic (exact) mass is 334 g/mol. The van der Waals surface area contributed by atoms with Crippen LogP contribution in [-0.2, 0) is 18.0 Å². The molecule has 0 aliphatic rings. The van der Waals surface area contributed by atoms with Gasteiger partial charge in [0.15, 0.2) is 10.9 Å². The van der Waals surface area contributed by atoms with E-state index in [1.807, 2.05) is 0 Å². The maximum atomic E-state index is 12.4. The van der Waals surface area contributed by atoms with Gasteiger partial charge < -0.3 is 13.6 Å². The lowest BCUT2D eigenvalue weighted by molar-refractivity contribution is 0.104. The van der Waals surface area contributed by atoms with Gasteiger partial charge in [-0.05, 0) is 24.3 Å². The maximum absolute atomic E-state index is 12.4. The second kappa shape index (κ2) is 6.37. The Morgan fingerprint density at radius 1 is 0.680 bits per heavy atom. The highest BCUT2D eigenvalue weighted by Crippen LogP contribution is 2.13. The van der Waals surface area contributed by atoms with E-state index >= 15 is 0 Å². The highest BCUT2D eigenvalue weighted by Gasteiger charge is 2.09. The van der Waals surface area contributed by atoms with Gasteiger partial charge in [0.2, 0.25) is 0 Å². The van der Waals surface area contributed by atoms with E-state index in [1.165, 1.54) is 12.5 Å². The molecule has 0 radical (unpaired) electrons. The Kier molecular flexibility index (Phi) is 3.91. The summed E-state index contributed by atoms with van der Waals surface area (Å²) < 4.78 is 16.4. The highest BCUT2D eigenvalue weighted by molar-refractivity contribution is 5.77. The van der Waals surface area contributed by atoms with E-state index < -0.39 is 0 Å². The van der Waals surface area contributed by atoms with Crippen LogP contribution < -0.4 is 10.9 Å². The summed E-state index contributed by atoms with van der Waals surface area (Å²) in [5.74, 6) is 0. The second-order valence-electron chi connectivity index (χ2n) is 5.67. The minimum Gasteiger partial charge on any atom is -0.464 e. The quantitative estimate of drug-likeness (QED) is 0.570. The number of hydrogen-bond donors (Lipinski definition) is 0. The van der Waals surface area contributed by atoms with Crippen molar-refractivity contribution in [2.45, 2.75) is 13.2 Å². The zero-order valence-corrected chi connectivity index (χ0v) is 13.2. The molecule has 0 saturated heterocycles. The van der Waals surface area contributed by atoms with E-state index in [-0.39, 0.29) is 24.1 Å². The zero-order chi connectivity index (χ0) is 17.2. The zero-order valence-electron chi connectivity index (χ0n) is 13.2. The van der Waals surface area contributed by atoms with Gasteiger partial charge in [-0.15, -0.1) is 0 Å². The molecule has 0 spiro atoms. The third-order valence-corrected chi connectivity index (χ3v) is 4.02. The number of rotatable bonds is 4. The molecule has 124 valence electrons. The van der Waals surface area contributed by atoms with Gasteiger partial charge in [-0.25, -0.2) is 0 Å². The van der Waals surface area contributed by atoms with Crippen LogP contribution in [0.1, 0.15) is 11.1 Å². The fourth-order valence-electron chi connectivity index (χ4n) is 2.71. The van der Waals surface area contributed by atoms with E-state index in [2.05, 4.69) is 0 Å². The van der Waals surface area contributed by atoms with E-state index in [0.717, 1.165) is 0 Å². The number of fused-ring (bicyclic) bond motifs is 2. The van der Waals surface area contributed by atoms with Gasteiger partial charge in [-0.1, -0.05) is 24.3 Å². The lowest BCUT2D eigenvalue weighted by Crippen LogP contribution is -2.13. The smallest absolute Gasteiger partial charge is 0.198 e. The minimum absolute atomic E-state index is 0.0550. The van der Waals surface area contributed by atoms with Crippen molar-refractivity contribution in [1.29, 1.82) is 0 Å². The first-order valence-electron chi connectivity index (χ1n) is 7.80. The molecular weight excluding hydrogens is 320 g/mol. The fraction of sp³-hybridized carbons (Fsp3) is 0.100. The molecule has 25 heavy (non-hydrogen) atoms. The molecule has 5 nitrogen and oxygen atoms in total. The van der Waals surface area contributed by atoms with Crippen molar-refractivity contribution in [3.8, 4) is 0 Å². The van der Waals surface area contributed by atoms with Crippen LogP contribution in [0.15, 0.2) is 79.5 Å². The van der Waals surface area contributed by atoms with Gasteiger partial charge in [0.1, 0.15) is 23.7 Å². The van der Waals surface area contributed by atoms with Crippen LogP contribution in [0.2, 0.25) is 0 Å². The molecule has 2 aromatic carbocycles. The Labute approximate surface area is 142 Å². The summed E-state index contributed by atoms with van der Waals surface area (Å²) in [5.41, 5.74) is 1.62. The predicted octanol–water partition coefficient (Wildman–Crippen LogP) is 3.62. The SMILES string of the molecule is O=c1c(COCc2coc3ccccc3c2=O)coc2ccccc12.